The molecule has 80 valence electrons. The van der Waals surface area contributed by atoms with Crippen molar-refractivity contribution in [1.82, 2.24) is 9.78 Å². The Hall–Kier alpha value is -0.580. The topological polar surface area (TPSA) is 47.3 Å². The van der Waals surface area contributed by atoms with Crippen molar-refractivity contribution in [1.29, 1.82) is 0 Å². The normalized spacial score (nSPS) is 13.2. The van der Waals surface area contributed by atoms with Crippen molar-refractivity contribution in [3.05, 3.63) is 16.4 Å². The van der Waals surface area contributed by atoms with Gasteiger partial charge in [0.1, 0.15) is 11.3 Å². The first-order valence-corrected chi connectivity index (χ1v) is 4.90. The van der Waals surface area contributed by atoms with Gasteiger partial charge < -0.3 is 9.84 Å². The van der Waals surface area contributed by atoms with E-state index < -0.39 is 6.10 Å². The Kier molecular flexibility index (Phi) is 3.92. The van der Waals surface area contributed by atoms with Crippen molar-refractivity contribution < 1.29 is 9.84 Å². The zero-order valence-corrected chi connectivity index (χ0v) is 9.38. The van der Waals surface area contributed by atoms with E-state index in [0.29, 0.717) is 17.3 Å². The molecule has 1 heterocycles. The third-order valence-corrected chi connectivity index (χ3v) is 2.46. The van der Waals surface area contributed by atoms with Gasteiger partial charge in [-0.1, -0.05) is 11.6 Å². The minimum atomic E-state index is -0.698. The van der Waals surface area contributed by atoms with Crippen LogP contribution in [0.4, 0.5) is 0 Å². The molecule has 0 saturated heterocycles. The zero-order chi connectivity index (χ0) is 10.7. The second-order valence-electron chi connectivity index (χ2n) is 3.09. The van der Waals surface area contributed by atoms with Crippen molar-refractivity contribution in [2.24, 2.45) is 7.05 Å². The molecule has 1 aromatic rings. The maximum absolute atomic E-state index is 9.76. The summed E-state index contributed by atoms with van der Waals surface area (Å²) in [6.45, 7) is 4.53. The monoisotopic (exact) mass is 218 g/mol. The Morgan fingerprint density at radius 2 is 2.29 bits per heavy atom. The van der Waals surface area contributed by atoms with Gasteiger partial charge in [-0.2, -0.15) is 5.10 Å². The van der Waals surface area contributed by atoms with Gasteiger partial charge in [0.15, 0.2) is 0 Å². The molecule has 1 N–H and O–H groups in total. The van der Waals surface area contributed by atoms with Gasteiger partial charge in [0.25, 0.3) is 0 Å². The van der Waals surface area contributed by atoms with Crippen LogP contribution in [0.3, 0.4) is 0 Å². The number of rotatable bonds is 4. The molecule has 0 aromatic carbocycles. The van der Waals surface area contributed by atoms with Gasteiger partial charge in [-0.25, -0.2) is 0 Å². The zero-order valence-electron chi connectivity index (χ0n) is 8.62. The van der Waals surface area contributed by atoms with Gasteiger partial charge in [0.05, 0.1) is 12.3 Å². The van der Waals surface area contributed by atoms with Crippen LogP contribution in [0.2, 0.25) is 5.15 Å². The molecular weight excluding hydrogens is 204 g/mol. The summed E-state index contributed by atoms with van der Waals surface area (Å²) < 4.78 is 6.67. The van der Waals surface area contributed by atoms with E-state index in [2.05, 4.69) is 5.10 Å². The van der Waals surface area contributed by atoms with Crippen LogP contribution in [0.25, 0.3) is 0 Å². The van der Waals surface area contributed by atoms with Crippen molar-refractivity contribution in [2.75, 3.05) is 13.2 Å². The van der Waals surface area contributed by atoms with Crippen molar-refractivity contribution in [3.8, 4) is 0 Å². The van der Waals surface area contributed by atoms with Gasteiger partial charge in [0.2, 0.25) is 0 Å². The fourth-order valence-electron chi connectivity index (χ4n) is 1.34. The fourth-order valence-corrected chi connectivity index (χ4v) is 1.64. The number of aryl methyl sites for hydroxylation is 2. The third kappa shape index (κ3) is 2.26. The summed E-state index contributed by atoms with van der Waals surface area (Å²) in [5.41, 5.74) is 1.40. The summed E-state index contributed by atoms with van der Waals surface area (Å²) in [5.74, 6) is 0. The van der Waals surface area contributed by atoms with E-state index in [1.807, 2.05) is 13.8 Å². The average Bonchev–Trinajstić information content (AvgIpc) is 2.38. The van der Waals surface area contributed by atoms with Crippen molar-refractivity contribution in [2.45, 2.75) is 20.0 Å². The van der Waals surface area contributed by atoms with E-state index in [1.165, 1.54) is 0 Å². The van der Waals surface area contributed by atoms with Crippen LogP contribution in [-0.2, 0) is 11.8 Å². The highest BCUT2D eigenvalue weighted by Crippen LogP contribution is 2.25. The van der Waals surface area contributed by atoms with Crippen molar-refractivity contribution >= 4 is 11.6 Å². The number of hydrogen-bond donors (Lipinski definition) is 1. The molecule has 1 unspecified atom stereocenters. The van der Waals surface area contributed by atoms with Crippen LogP contribution in [0, 0.1) is 6.92 Å². The van der Waals surface area contributed by atoms with Crippen molar-refractivity contribution in [3.63, 3.8) is 0 Å². The fraction of sp³-hybridized carbons (Fsp3) is 0.667. The third-order valence-electron chi connectivity index (χ3n) is 2.01. The molecule has 0 aliphatic carbocycles. The molecule has 4 nitrogen and oxygen atoms in total. The number of halogens is 1. The van der Waals surface area contributed by atoms with E-state index >= 15 is 0 Å². The Morgan fingerprint density at radius 1 is 1.64 bits per heavy atom. The van der Waals surface area contributed by atoms with Gasteiger partial charge in [-0.15, -0.1) is 0 Å². The first-order valence-electron chi connectivity index (χ1n) is 4.52. The highest BCUT2D eigenvalue weighted by molar-refractivity contribution is 6.30. The summed E-state index contributed by atoms with van der Waals surface area (Å²) in [5, 5.41) is 14.3. The van der Waals surface area contributed by atoms with Crippen LogP contribution < -0.4 is 0 Å². The standard InChI is InChI=1S/C9H15ClN2O2/c1-4-14-5-7(13)8-6(2)11-12(3)9(8)10/h7,13H,4-5H2,1-3H3. The SMILES string of the molecule is CCOCC(O)c1c(C)nn(C)c1Cl. The number of ether oxygens (including phenoxy) is 1. The molecule has 0 fully saturated rings. The molecule has 5 heteroatoms. The van der Waals surface area contributed by atoms with Crippen LogP contribution in [0.5, 0.6) is 0 Å². The molecule has 1 rings (SSSR count). The van der Waals surface area contributed by atoms with E-state index in [9.17, 15) is 5.11 Å². The minimum Gasteiger partial charge on any atom is -0.386 e. The minimum absolute atomic E-state index is 0.253. The Bertz CT molecular complexity index is 312. The summed E-state index contributed by atoms with van der Waals surface area (Å²) in [4.78, 5) is 0. The molecular formula is C9H15ClN2O2. The summed E-state index contributed by atoms with van der Waals surface area (Å²) in [7, 11) is 1.74. The molecule has 0 amide bonds. The molecule has 0 radical (unpaired) electrons. The molecule has 0 aliphatic heterocycles. The van der Waals surface area contributed by atoms with Gasteiger partial charge in [-0.3, -0.25) is 4.68 Å². The number of aliphatic hydroxyl groups is 1. The van der Waals surface area contributed by atoms with E-state index in [4.69, 9.17) is 16.3 Å². The second-order valence-corrected chi connectivity index (χ2v) is 3.45. The van der Waals surface area contributed by atoms with E-state index in [1.54, 1.807) is 11.7 Å². The first kappa shape index (κ1) is 11.5. The smallest absolute Gasteiger partial charge is 0.132 e. The van der Waals surface area contributed by atoms with Gasteiger partial charge in [0, 0.05) is 19.2 Å². The molecule has 1 atom stereocenters. The molecule has 0 bridgehead atoms. The lowest BCUT2D eigenvalue weighted by molar-refractivity contribution is 0.0417. The second kappa shape index (κ2) is 4.77. The highest BCUT2D eigenvalue weighted by atomic mass is 35.5. The number of aliphatic hydroxyl groups excluding tert-OH is 1. The summed E-state index contributed by atoms with van der Waals surface area (Å²) in [6.07, 6.45) is -0.698. The molecule has 0 spiro atoms. The van der Waals surface area contributed by atoms with Crippen LogP contribution in [0.1, 0.15) is 24.3 Å². The number of nitrogens with zero attached hydrogens (tertiary/aromatic N) is 2. The Morgan fingerprint density at radius 3 is 2.71 bits per heavy atom. The van der Waals surface area contributed by atoms with Crippen LogP contribution >= 0.6 is 11.6 Å². The lowest BCUT2D eigenvalue weighted by Gasteiger charge is -2.09. The predicted octanol–water partition coefficient (Wildman–Crippen LogP) is 1.45. The maximum atomic E-state index is 9.76. The van der Waals surface area contributed by atoms with E-state index in [0.717, 1.165) is 5.69 Å². The summed E-state index contributed by atoms with van der Waals surface area (Å²) in [6, 6.07) is 0. The molecule has 1 aromatic heterocycles. The average molecular weight is 219 g/mol. The molecule has 14 heavy (non-hydrogen) atoms. The lowest BCUT2D eigenvalue weighted by atomic mass is 10.1. The van der Waals surface area contributed by atoms with Crippen LogP contribution in [-0.4, -0.2) is 28.1 Å². The molecule has 0 aliphatic rings. The number of hydrogen-bond acceptors (Lipinski definition) is 3. The highest BCUT2D eigenvalue weighted by Gasteiger charge is 2.19. The Balaban J connectivity index is 2.83. The quantitative estimate of drug-likeness (QED) is 0.832. The first-order chi connectivity index (χ1) is 6.57. The molecule has 0 saturated carbocycles. The maximum Gasteiger partial charge on any atom is 0.132 e. The number of aromatic nitrogens is 2. The summed E-state index contributed by atoms with van der Waals surface area (Å²) >= 11 is 5.97. The van der Waals surface area contributed by atoms with Crippen LogP contribution in [0.15, 0.2) is 0 Å². The lowest BCUT2D eigenvalue weighted by Crippen LogP contribution is -2.08. The Labute approximate surface area is 88.4 Å². The largest absolute Gasteiger partial charge is 0.386 e. The van der Waals surface area contributed by atoms with Gasteiger partial charge >= 0.3 is 0 Å². The predicted molar refractivity (Wildman–Crippen MR) is 54.4 cm³/mol. The van der Waals surface area contributed by atoms with E-state index in [-0.39, 0.29) is 6.61 Å². The van der Waals surface area contributed by atoms with Gasteiger partial charge in [-0.05, 0) is 13.8 Å².